The maximum absolute atomic E-state index is 11.0. The minimum Gasteiger partial charge on any atom is -0.507 e. The minimum absolute atomic E-state index is 0.110. The quantitative estimate of drug-likeness (QED) is 0.423. The van der Waals surface area contributed by atoms with Crippen LogP contribution in [-0.2, 0) is 5.41 Å². The zero-order valence-corrected chi connectivity index (χ0v) is 16.1. The van der Waals surface area contributed by atoms with E-state index in [1.54, 1.807) is 6.07 Å². The summed E-state index contributed by atoms with van der Waals surface area (Å²) in [6.07, 6.45) is 9.29. The average molecular weight is 392 g/mol. The van der Waals surface area contributed by atoms with E-state index in [0.29, 0.717) is 5.56 Å². The molecule has 150 valence electrons. The summed E-state index contributed by atoms with van der Waals surface area (Å²) in [5.74, 6) is 2.47. The van der Waals surface area contributed by atoms with Crippen LogP contribution in [0.4, 0.5) is 11.4 Å². The van der Waals surface area contributed by atoms with E-state index < -0.39 is 4.92 Å². The molecule has 0 unspecified atom stereocenters. The highest BCUT2D eigenvalue weighted by Crippen LogP contribution is 2.60. The van der Waals surface area contributed by atoms with Crippen molar-refractivity contribution in [2.24, 2.45) is 22.7 Å². The first-order valence-corrected chi connectivity index (χ1v) is 10.3. The molecule has 0 heterocycles. The van der Waals surface area contributed by atoms with Crippen LogP contribution in [0.3, 0.4) is 0 Å². The van der Waals surface area contributed by atoms with Crippen molar-refractivity contribution in [2.45, 2.75) is 43.9 Å². The van der Waals surface area contributed by atoms with Crippen molar-refractivity contribution in [1.29, 1.82) is 0 Å². The lowest BCUT2D eigenvalue weighted by Gasteiger charge is -2.57. The molecule has 0 spiro atoms. The molecule has 0 saturated heterocycles. The Hall–Kier alpha value is -2.89. The molecule has 0 aromatic heterocycles. The van der Waals surface area contributed by atoms with E-state index in [9.17, 15) is 20.3 Å². The van der Waals surface area contributed by atoms with Gasteiger partial charge in [0.15, 0.2) is 0 Å². The van der Waals surface area contributed by atoms with Gasteiger partial charge in [0.1, 0.15) is 17.2 Å². The third kappa shape index (κ3) is 3.16. The van der Waals surface area contributed by atoms with Gasteiger partial charge in [-0.25, -0.2) is 0 Å². The fourth-order valence-electron chi connectivity index (χ4n) is 6.32. The fraction of sp³-hybridized carbons (Fsp3) is 0.435. The molecule has 4 bridgehead atoms. The largest absolute Gasteiger partial charge is 0.507 e. The van der Waals surface area contributed by atoms with Gasteiger partial charge in [0.25, 0.3) is 5.69 Å². The third-order valence-corrected chi connectivity index (χ3v) is 7.19. The zero-order chi connectivity index (χ0) is 20.2. The van der Waals surface area contributed by atoms with Crippen molar-refractivity contribution < 1.29 is 15.1 Å². The number of nitrogens with zero attached hydrogens (tertiary/aromatic N) is 2. The molecule has 4 aliphatic rings. The highest BCUT2D eigenvalue weighted by molar-refractivity contribution is 5.86. The van der Waals surface area contributed by atoms with Crippen LogP contribution in [0.15, 0.2) is 41.4 Å². The third-order valence-electron chi connectivity index (χ3n) is 7.19. The molecular formula is C23H24N2O4. The number of benzene rings is 2. The summed E-state index contributed by atoms with van der Waals surface area (Å²) in [6.45, 7) is 0. The van der Waals surface area contributed by atoms with E-state index >= 15 is 0 Å². The number of aliphatic imine (C=N–C) groups is 1. The van der Waals surface area contributed by atoms with E-state index in [-0.39, 0.29) is 28.3 Å². The summed E-state index contributed by atoms with van der Waals surface area (Å²) in [5.41, 5.74) is 2.02. The molecule has 0 aliphatic heterocycles. The van der Waals surface area contributed by atoms with Gasteiger partial charge in [-0.15, -0.1) is 0 Å². The Bertz CT molecular complexity index is 979. The molecule has 2 aromatic rings. The van der Waals surface area contributed by atoms with E-state index in [4.69, 9.17) is 0 Å². The van der Waals surface area contributed by atoms with Gasteiger partial charge in [0.05, 0.1) is 4.92 Å². The predicted molar refractivity (Wildman–Crippen MR) is 110 cm³/mol. The standard InChI is InChI=1S/C23H24N2O4/c26-21-3-1-18(23-10-14-5-15(11-23)7-16(6-14)12-23)8-17(21)13-24-20-9-19(25(28)29)2-4-22(20)27/h1-4,8-9,13-16,26-27H,5-7,10-12H2. The Balaban J connectivity index is 1.47. The Morgan fingerprint density at radius 3 is 2.21 bits per heavy atom. The molecule has 2 aromatic carbocycles. The highest BCUT2D eigenvalue weighted by atomic mass is 16.6. The number of phenols is 2. The molecule has 4 saturated carbocycles. The number of hydrogen-bond donors (Lipinski definition) is 2. The van der Waals surface area contributed by atoms with Gasteiger partial charge in [-0.3, -0.25) is 15.1 Å². The van der Waals surface area contributed by atoms with Crippen LogP contribution < -0.4 is 0 Å². The average Bonchev–Trinajstić information content (AvgIpc) is 2.67. The number of rotatable bonds is 4. The summed E-state index contributed by atoms with van der Waals surface area (Å²) in [4.78, 5) is 14.7. The molecule has 29 heavy (non-hydrogen) atoms. The smallest absolute Gasteiger partial charge is 0.271 e. The first kappa shape index (κ1) is 18.2. The summed E-state index contributed by atoms with van der Waals surface area (Å²) in [5, 5.41) is 31.3. The molecule has 4 fully saturated rings. The van der Waals surface area contributed by atoms with Crippen LogP contribution in [0, 0.1) is 27.9 Å². The van der Waals surface area contributed by atoms with Gasteiger partial charge >= 0.3 is 0 Å². The monoisotopic (exact) mass is 392 g/mol. The Morgan fingerprint density at radius 1 is 0.966 bits per heavy atom. The molecular weight excluding hydrogens is 368 g/mol. The lowest BCUT2D eigenvalue weighted by molar-refractivity contribution is -0.384. The normalized spacial score (nSPS) is 30.1. The van der Waals surface area contributed by atoms with Crippen LogP contribution >= 0.6 is 0 Å². The van der Waals surface area contributed by atoms with Crippen LogP contribution in [-0.4, -0.2) is 21.4 Å². The van der Waals surface area contributed by atoms with Crippen molar-refractivity contribution in [3.05, 3.63) is 57.6 Å². The molecule has 0 atom stereocenters. The van der Waals surface area contributed by atoms with Gasteiger partial charge in [0, 0.05) is 23.9 Å². The van der Waals surface area contributed by atoms with Gasteiger partial charge in [-0.1, -0.05) is 6.07 Å². The molecule has 0 radical (unpaired) electrons. The predicted octanol–water partition coefficient (Wildman–Crippen LogP) is 5.22. The van der Waals surface area contributed by atoms with Crippen molar-refractivity contribution in [2.75, 3.05) is 0 Å². The van der Waals surface area contributed by atoms with E-state index in [2.05, 4.69) is 4.99 Å². The second kappa shape index (κ2) is 6.58. The van der Waals surface area contributed by atoms with Crippen molar-refractivity contribution in [3.8, 4) is 11.5 Å². The Morgan fingerprint density at radius 2 is 1.59 bits per heavy atom. The number of nitro benzene ring substituents is 1. The van der Waals surface area contributed by atoms with Crippen LogP contribution in [0.25, 0.3) is 0 Å². The molecule has 6 nitrogen and oxygen atoms in total. The first-order valence-electron chi connectivity index (χ1n) is 10.3. The summed E-state index contributed by atoms with van der Waals surface area (Å²) in [7, 11) is 0. The maximum Gasteiger partial charge on any atom is 0.271 e. The van der Waals surface area contributed by atoms with Crippen molar-refractivity contribution in [3.63, 3.8) is 0 Å². The molecule has 6 heteroatoms. The second-order valence-electron chi connectivity index (χ2n) is 9.16. The van der Waals surface area contributed by atoms with E-state index in [0.717, 1.165) is 17.8 Å². The Labute approximate surface area is 169 Å². The minimum atomic E-state index is -0.524. The number of nitro groups is 1. The van der Waals surface area contributed by atoms with E-state index in [1.165, 1.54) is 68.5 Å². The molecule has 6 rings (SSSR count). The number of hydrogen-bond acceptors (Lipinski definition) is 5. The van der Waals surface area contributed by atoms with Gasteiger partial charge < -0.3 is 10.2 Å². The van der Waals surface area contributed by atoms with Crippen LogP contribution in [0.5, 0.6) is 11.5 Å². The van der Waals surface area contributed by atoms with Gasteiger partial charge in [-0.05, 0) is 85.5 Å². The number of phenolic OH excluding ortho intramolecular Hbond substituents is 2. The zero-order valence-electron chi connectivity index (χ0n) is 16.1. The SMILES string of the molecule is O=[N+]([O-])c1ccc(O)c(N=Cc2cc(C34CC5CC(CC(C5)C3)C4)ccc2O)c1. The lowest BCUT2D eigenvalue weighted by Crippen LogP contribution is -2.48. The maximum atomic E-state index is 11.0. The highest BCUT2D eigenvalue weighted by Gasteiger charge is 2.51. The van der Waals surface area contributed by atoms with Crippen molar-refractivity contribution >= 4 is 17.6 Å². The summed E-state index contributed by atoms with van der Waals surface area (Å²) in [6, 6.07) is 9.51. The summed E-state index contributed by atoms with van der Waals surface area (Å²) < 4.78 is 0. The van der Waals surface area contributed by atoms with Gasteiger partial charge in [-0.2, -0.15) is 0 Å². The Kier molecular flexibility index (Phi) is 4.12. The number of aromatic hydroxyl groups is 2. The lowest BCUT2D eigenvalue weighted by atomic mass is 9.48. The first-order chi connectivity index (χ1) is 13.9. The molecule has 2 N–H and O–H groups in total. The van der Waals surface area contributed by atoms with Crippen molar-refractivity contribution in [1.82, 2.24) is 0 Å². The van der Waals surface area contributed by atoms with Crippen LogP contribution in [0.2, 0.25) is 0 Å². The fourth-order valence-corrected chi connectivity index (χ4v) is 6.32. The molecule has 0 amide bonds. The van der Waals surface area contributed by atoms with Crippen LogP contribution in [0.1, 0.15) is 49.7 Å². The number of non-ortho nitro benzene ring substituents is 1. The topological polar surface area (TPSA) is 96.0 Å². The van der Waals surface area contributed by atoms with E-state index in [1.807, 2.05) is 12.1 Å². The van der Waals surface area contributed by atoms with Gasteiger partial charge in [0.2, 0.25) is 0 Å². The summed E-state index contributed by atoms with van der Waals surface area (Å²) >= 11 is 0. The molecule has 4 aliphatic carbocycles. The second-order valence-corrected chi connectivity index (χ2v) is 9.16.